The first-order valence-electron chi connectivity index (χ1n) is 14.9. The highest BCUT2D eigenvalue weighted by Crippen LogP contribution is 2.40. The minimum atomic E-state index is -0.545. The molecule has 9 heteroatoms. The zero-order valence-electron chi connectivity index (χ0n) is 23.9. The Labute approximate surface area is 249 Å². The van der Waals surface area contributed by atoms with Gasteiger partial charge in [0.2, 0.25) is 0 Å². The molecule has 0 unspecified atom stereocenters. The fraction of sp³-hybridized carbons (Fsp3) is 0.382. The van der Waals surface area contributed by atoms with Crippen molar-refractivity contribution in [3.63, 3.8) is 0 Å². The van der Waals surface area contributed by atoms with E-state index < -0.39 is 11.6 Å². The van der Waals surface area contributed by atoms with Crippen molar-refractivity contribution in [3.05, 3.63) is 59.7 Å². The van der Waals surface area contributed by atoms with Gasteiger partial charge >= 0.3 is 6.01 Å². The van der Waals surface area contributed by atoms with Crippen LogP contribution in [0.25, 0.3) is 32.8 Å². The van der Waals surface area contributed by atoms with Gasteiger partial charge in [-0.25, -0.2) is 8.78 Å². The molecule has 7 rings (SSSR count). The number of aromatic nitrogens is 2. The SMILES string of the molecule is C#Cc1c(F)ccc2cccc(-c3ccc4c(N5CCN[C@@H](CC#N)C5)nc(OCC56CCCN5CCC6)nc4c3F)c12. The van der Waals surface area contributed by atoms with Crippen LogP contribution in [-0.4, -0.2) is 65.8 Å². The van der Waals surface area contributed by atoms with E-state index in [9.17, 15) is 9.65 Å². The van der Waals surface area contributed by atoms with Crippen LogP contribution >= 0.6 is 0 Å². The van der Waals surface area contributed by atoms with Gasteiger partial charge in [0.25, 0.3) is 0 Å². The fourth-order valence-electron chi connectivity index (χ4n) is 7.28. The number of nitrogens with one attached hydrogen (secondary N) is 1. The smallest absolute Gasteiger partial charge is 0.319 e. The third-order valence-electron chi connectivity index (χ3n) is 9.37. The van der Waals surface area contributed by atoms with Gasteiger partial charge in [0.1, 0.15) is 23.8 Å². The second kappa shape index (κ2) is 11.1. The standard InChI is InChI=1S/C34H32F2N6O/c1-2-24-28(35)11-8-22-6-3-7-25(29(22)24)26-9-10-27-31(30(26)36)39-33(43-21-34-13-4-17-42(34)18-5-14-34)40-32(27)41-19-16-38-23(20-41)12-15-37/h1,3,6-11,23,38H,4-5,12-14,16-21H2/t23-/m0/s1. The Hall–Kier alpha value is -4.31. The van der Waals surface area contributed by atoms with Crippen molar-refractivity contribution in [2.45, 2.75) is 43.7 Å². The Morgan fingerprint density at radius 2 is 1.88 bits per heavy atom. The first kappa shape index (κ1) is 27.5. The summed E-state index contributed by atoms with van der Waals surface area (Å²) < 4.78 is 37.8. The van der Waals surface area contributed by atoms with E-state index in [1.54, 1.807) is 18.2 Å². The summed E-state index contributed by atoms with van der Waals surface area (Å²) in [7, 11) is 0. The van der Waals surface area contributed by atoms with Gasteiger partial charge in [-0.3, -0.25) is 4.90 Å². The Bertz CT molecular complexity index is 1800. The summed E-state index contributed by atoms with van der Waals surface area (Å²) in [6.07, 6.45) is 10.5. The number of fused-ring (bicyclic) bond motifs is 3. The Balaban J connectivity index is 1.36. The second-order valence-corrected chi connectivity index (χ2v) is 11.8. The van der Waals surface area contributed by atoms with Gasteiger partial charge in [0.05, 0.1) is 23.6 Å². The minimum Gasteiger partial charge on any atom is -0.461 e. The van der Waals surface area contributed by atoms with Crippen LogP contribution in [0.1, 0.15) is 37.7 Å². The number of ether oxygens (including phenoxy) is 1. The van der Waals surface area contributed by atoms with Crippen molar-refractivity contribution in [3.8, 4) is 35.6 Å². The summed E-state index contributed by atoms with van der Waals surface area (Å²) in [5.41, 5.74) is 0.978. The van der Waals surface area contributed by atoms with E-state index in [1.807, 2.05) is 18.2 Å². The van der Waals surface area contributed by atoms with Crippen LogP contribution in [0.4, 0.5) is 14.6 Å². The lowest BCUT2D eigenvalue weighted by Crippen LogP contribution is -2.51. The van der Waals surface area contributed by atoms with Crippen molar-refractivity contribution in [2.24, 2.45) is 0 Å². The summed E-state index contributed by atoms with van der Waals surface area (Å²) in [5.74, 6) is 1.97. The van der Waals surface area contributed by atoms with Crippen LogP contribution in [0.3, 0.4) is 0 Å². The van der Waals surface area contributed by atoms with Crippen molar-refractivity contribution < 1.29 is 13.5 Å². The molecule has 0 bridgehead atoms. The quantitative estimate of drug-likeness (QED) is 0.307. The minimum absolute atomic E-state index is 0.0234. The molecule has 3 aliphatic heterocycles. The summed E-state index contributed by atoms with van der Waals surface area (Å²) in [4.78, 5) is 14.1. The second-order valence-electron chi connectivity index (χ2n) is 11.8. The van der Waals surface area contributed by atoms with Crippen molar-refractivity contribution >= 4 is 27.5 Å². The number of benzene rings is 3. The third kappa shape index (κ3) is 4.74. The van der Waals surface area contributed by atoms with Gasteiger partial charge in [-0.1, -0.05) is 36.3 Å². The van der Waals surface area contributed by atoms with Crippen LogP contribution in [-0.2, 0) is 0 Å². The normalized spacial score (nSPS) is 19.8. The first-order valence-corrected chi connectivity index (χ1v) is 14.9. The predicted molar refractivity (Wildman–Crippen MR) is 163 cm³/mol. The number of halogens is 2. The monoisotopic (exact) mass is 578 g/mol. The summed E-state index contributed by atoms with van der Waals surface area (Å²) in [6, 6.07) is 14.2. The molecule has 43 heavy (non-hydrogen) atoms. The number of nitrogens with zero attached hydrogens (tertiary/aromatic N) is 5. The van der Waals surface area contributed by atoms with Crippen molar-refractivity contribution in [1.82, 2.24) is 20.2 Å². The zero-order valence-corrected chi connectivity index (χ0v) is 23.9. The maximum Gasteiger partial charge on any atom is 0.319 e. The topological polar surface area (TPSA) is 77.3 Å². The zero-order chi connectivity index (χ0) is 29.6. The molecule has 0 amide bonds. The molecule has 0 saturated carbocycles. The molecule has 1 N–H and O–H groups in total. The predicted octanol–water partition coefficient (Wildman–Crippen LogP) is 5.41. The highest BCUT2D eigenvalue weighted by molar-refractivity contribution is 6.03. The molecule has 3 saturated heterocycles. The van der Waals surface area contributed by atoms with Gasteiger partial charge in [-0.05, 0) is 61.9 Å². The number of hydrogen-bond donors (Lipinski definition) is 1. The molecule has 7 nitrogen and oxygen atoms in total. The van der Waals surface area contributed by atoms with E-state index in [1.165, 1.54) is 6.07 Å². The van der Waals surface area contributed by atoms with Crippen LogP contribution < -0.4 is 15.0 Å². The van der Waals surface area contributed by atoms with Crippen LogP contribution in [0.2, 0.25) is 0 Å². The number of nitriles is 1. The van der Waals surface area contributed by atoms with Crippen molar-refractivity contribution in [2.75, 3.05) is 44.2 Å². The van der Waals surface area contributed by atoms with Crippen LogP contribution in [0.15, 0.2) is 42.5 Å². The van der Waals surface area contributed by atoms with E-state index >= 15 is 4.39 Å². The molecular weight excluding hydrogens is 546 g/mol. The lowest BCUT2D eigenvalue weighted by Gasteiger charge is -2.34. The van der Waals surface area contributed by atoms with Gasteiger partial charge in [-0.2, -0.15) is 15.2 Å². The average Bonchev–Trinajstić information content (AvgIpc) is 3.61. The number of rotatable bonds is 6. The van der Waals surface area contributed by atoms with Gasteiger partial charge in [0.15, 0.2) is 5.82 Å². The highest BCUT2D eigenvalue weighted by Gasteiger charge is 2.45. The Morgan fingerprint density at radius 3 is 2.67 bits per heavy atom. The lowest BCUT2D eigenvalue weighted by molar-refractivity contribution is 0.108. The van der Waals surface area contributed by atoms with E-state index in [0.717, 1.165) is 44.2 Å². The highest BCUT2D eigenvalue weighted by atomic mass is 19.1. The summed E-state index contributed by atoms with van der Waals surface area (Å²) in [5, 5.41) is 14.4. The first-order chi connectivity index (χ1) is 21.0. The van der Waals surface area contributed by atoms with Crippen LogP contribution in [0.5, 0.6) is 6.01 Å². The number of terminal acetylenes is 1. The summed E-state index contributed by atoms with van der Waals surface area (Å²) >= 11 is 0. The molecule has 1 aromatic heterocycles. The van der Waals surface area contributed by atoms with Crippen molar-refractivity contribution in [1.29, 1.82) is 5.26 Å². The summed E-state index contributed by atoms with van der Waals surface area (Å²) in [6.45, 7) is 4.45. The average molecular weight is 579 g/mol. The largest absolute Gasteiger partial charge is 0.461 e. The van der Waals surface area contributed by atoms with Gasteiger partial charge < -0.3 is 15.0 Å². The number of hydrogen-bond acceptors (Lipinski definition) is 7. The molecule has 0 radical (unpaired) electrons. The third-order valence-corrected chi connectivity index (χ3v) is 9.37. The van der Waals surface area contributed by atoms with Gasteiger partial charge in [0, 0.05) is 42.0 Å². The molecule has 218 valence electrons. The molecule has 1 atom stereocenters. The molecular formula is C34H32F2N6O. The Kier molecular flexibility index (Phi) is 7.09. The Morgan fingerprint density at radius 1 is 1.05 bits per heavy atom. The van der Waals surface area contributed by atoms with Gasteiger partial charge in [-0.15, -0.1) is 6.42 Å². The maximum atomic E-state index is 16.7. The molecule has 0 aliphatic carbocycles. The van der Waals surface area contributed by atoms with E-state index in [-0.39, 0.29) is 34.2 Å². The molecule has 0 spiro atoms. The molecule has 4 aromatic rings. The number of anilines is 1. The number of piperazine rings is 1. The molecule has 3 aliphatic rings. The van der Waals surface area contributed by atoms with E-state index in [2.05, 4.69) is 32.1 Å². The molecule has 4 heterocycles. The van der Waals surface area contributed by atoms with Crippen LogP contribution in [0, 0.1) is 35.3 Å². The molecule has 3 aromatic carbocycles. The van der Waals surface area contributed by atoms with E-state index in [4.69, 9.17) is 16.1 Å². The lowest BCUT2D eigenvalue weighted by atomic mass is 9.93. The fourth-order valence-corrected chi connectivity index (χ4v) is 7.28. The van der Waals surface area contributed by atoms with E-state index in [0.29, 0.717) is 54.8 Å². The molecule has 3 fully saturated rings. The maximum absolute atomic E-state index is 16.7.